The minimum Gasteiger partial charge on any atom is -0.477 e. The summed E-state index contributed by atoms with van der Waals surface area (Å²) in [5.41, 5.74) is 2.98. The molecule has 1 aromatic heterocycles. The van der Waals surface area contributed by atoms with Crippen molar-refractivity contribution in [1.82, 2.24) is 4.57 Å². The summed E-state index contributed by atoms with van der Waals surface area (Å²) >= 11 is 0. The lowest BCUT2D eigenvalue weighted by Crippen LogP contribution is -2.26. The number of carboxylic acid groups (broad SMARTS) is 1. The predicted octanol–water partition coefficient (Wildman–Crippen LogP) is 1.76. The number of nitrogens with zero attached hydrogens (tertiary/aromatic N) is 2. The molecule has 10 nitrogen and oxygen atoms in total. The summed E-state index contributed by atoms with van der Waals surface area (Å²) in [4.78, 5) is 35.7. The molecule has 2 aliphatic carbocycles. The minimum absolute atomic E-state index is 0.0388. The Morgan fingerprint density at radius 1 is 1.29 bits per heavy atom. The van der Waals surface area contributed by atoms with Gasteiger partial charge < -0.3 is 15.4 Å². The number of benzene rings is 1. The molecule has 0 unspecified atom stereocenters. The van der Waals surface area contributed by atoms with Gasteiger partial charge in [-0.2, -0.15) is 8.42 Å². The second-order valence-electron chi connectivity index (χ2n) is 7.19. The second kappa shape index (κ2) is 7.16. The Morgan fingerprint density at radius 2 is 1.97 bits per heavy atom. The van der Waals surface area contributed by atoms with Crippen molar-refractivity contribution in [3.05, 3.63) is 67.4 Å². The highest BCUT2D eigenvalue weighted by atomic mass is 32.2. The fourth-order valence-corrected chi connectivity index (χ4v) is 4.31. The number of hydrogen-bond acceptors (Lipinski definition) is 7. The van der Waals surface area contributed by atoms with E-state index in [4.69, 9.17) is 5.73 Å². The van der Waals surface area contributed by atoms with E-state index in [1.807, 2.05) is 0 Å². The van der Waals surface area contributed by atoms with Gasteiger partial charge in [-0.05, 0) is 30.6 Å². The van der Waals surface area contributed by atoms with Gasteiger partial charge in [0.1, 0.15) is 16.9 Å². The van der Waals surface area contributed by atoms with Gasteiger partial charge in [-0.25, -0.2) is 9.18 Å². The number of aromatic carboxylic acids is 1. The summed E-state index contributed by atoms with van der Waals surface area (Å²) in [5.74, 6) is -2.66. The summed E-state index contributed by atoms with van der Waals surface area (Å²) in [6.45, 7) is 0. The van der Waals surface area contributed by atoms with Gasteiger partial charge in [0, 0.05) is 12.5 Å². The van der Waals surface area contributed by atoms with E-state index in [9.17, 15) is 37.6 Å². The maximum atomic E-state index is 14.1. The first-order chi connectivity index (χ1) is 14.6. The van der Waals surface area contributed by atoms with Crippen LogP contribution in [0.1, 0.15) is 41.4 Å². The van der Waals surface area contributed by atoms with E-state index in [1.165, 1.54) is 16.7 Å². The molecule has 0 bridgehead atoms. The van der Waals surface area contributed by atoms with Crippen LogP contribution in [0.4, 0.5) is 10.1 Å². The smallest absolute Gasteiger partial charge is 0.341 e. The molecule has 0 amide bonds. The van der Waals surface area contributed by atoms with E-state index in [2.05, 4.69) is 0 Å². The molecule has 0 spiro atoms. The van der Waals surface area contributed by atoms with E-state index in [1.54, 1.807) is 0 Å². The zero-order valence-electron chi connectivity index (χ0n) is 15.7. The number of fused-ring (bicyclic) bond motifs is 1. The maximum absolute atomic E-state index is 14.1. The van der Waals surface area contributed by atoms with E-state index >= 15 is 0 Å². The molecule has 3 N–H and O–H groups in total. The Kier molecular flexibility index (Phi) is 4.73. The number of rotatable bonds is 4. The molecule has 31 heavy (non-hydrogen) atoms. The normalized spacial score (nSPS) is 16.1. The van der Waals surface area contributed by atoms with Gasteiger partial charge in [0.25, 0.3) is 5.69 Å². The van der Waals surface area contributed by atoms with Gasteiger partial charge >= 0.3 is 5.97 Å². The Labute approximate surface area is 174 Å². The van der Waals surface area contributed by atoms with Crippen LogP contribution in [-0.2, 0) is 10.3 Å². The highest BCUT2D eigenvalue weighted by molar-refractivity contribution is 7.73. The Bertz CT molecular complexity index is 1460. The van der Waals surface area contributed by atoms with Crippen molar-refractivity contribution in [2.75, 3.05) is 0 Å². The first kappa shape index (κ1) is 20.5. The molecule has 0 radical (unpaired) electrons. The molecule has 1 fully saturated rings. The zero-order valence-corrected chi connectivity index (χ0v) is 16.5. The number of aromatic nitrogens is 1. The standard InChI is InChI=1S/C19H14FN3O7S/c20-9-6-11-17(13(7-9)23(27)28)22(10-2-3-10)16(15(18(11)24)19(25)26)8-1-4-12(21)14(5-8)31(29)30/h1,4,6-7,10H,2-3,5,21H2,(H,25,26). The van der Waals surface area contributed by atoms with Gasteiger partial charge in [0.05, 0.1) is 32.6 Å². The van der Waals surface area contributed by atoms with E-state index in [0.29, 0.717) is 18.9 Å². The van der Waals surface area contributed by atoms with E-state index < -0.39 is 49.1 Å². The monoisotopic (exact) mass is 447 g/mol. The van der Waals surface area contributed by atoms with Crippen molar-refractivity contribution in [3.8, 4) is 0 Å². The number of pyridine rings is 1. The molecule has 0 aliphatic heterocycles. The van der Waals surface area contributed by atoms with Crippen molar-refractivity contribution in [3.63, 3.8) is 0 Å². The third-order valence-electron chi connectivity index (χ3n) is 5.21. The molecule has 0 atom stereocenters. The molecular weight excluding hydrogens is 433 g/mol. The quantitative estimate of drug-likeness (QED) is 0.407. The van der Waals surface area contributed by atoms with Gasteiger partial charge in [-0.1, -0.05) is 6.08 Å². The van der Waals surface area contributed by atoms with Crippen LogP contribution in [0.2, 0.25) is 0 Å². The van der Waals surface area contributed by atoms with Crippen LogP contribution < -0.4 is 11.2 Å². The molecule has 1 saturated carbocycles. The van der Waals surface area contributed by atoms with Crippen LogP contribution in [0.5, 0.6) is 0 Å². The van der Waals surface area contributed by atoms with Crippen molar-refractivity contribution < 1.29 is 27.6 Å². The third kappa shape index (κ3) is 3.30. The largest absolute Gasteiger partial charge is 0.477 e. The highest BCUT2D eigenvalue weighted by Gasteiger charge is 2.36. The van der Waals surface area contributed by atoms with Crippen LogP contribution >= 0.6 is 0 Å². The SMILES string of the molecule is NC1=CC=C(c2c(C(=O)O)c(=O)c3cc(F)cc([N+](=O)[O-])c3n2C2CC2)CC1=S(=O)=O. The number of nitro benzene ring substituents is 1. The van der Waals surface area contributed by atoms with E-state index in [0.717, 1.165) is 6.07 Å². The molecule has 12 heteroatoms. The molecule has 2 aromatic rings. The molecule has 0 saturated heterocycles. The summed E-state index contributed by atoms with van der Waals surface area (Å²) in [7, 11) is -2.70. The molecule has 1 heterocycles. The summed E-state index contributed by atoms with van der Waals surface area (Å²) in [6, 6.07) is 1.07. The summed E-state index contributed by atoms with van der Waals surface area (Å²) in [5, 5.41) is 21.0. The van der Waals surface area contributed by atoms with Crippen LogP contribution in [0.15, 0.2) is 34.8 Å². The highest BCUT2D eigenvalue weighted by Crippen LogP contribution is 2.43. The number of nitro groups is 1. The Balaban J connectivity index is 2.23. The Hall–Kier alpha value is -3.80. The van der Waals surface area contributed by atoms with Gasteiger partial charge in [0.15, 0.2) is 0 Å². The molecule has 2 aliphatic rings. The molecule has 1 aromatic carbocycles. The fraction of sp³-hybridized carbons (Fsp3) is 0.211. The number of nitrogens with two attached hydrogens (primary N) is 1. The number of allylic oxidation sites excluding steroid dienone is 4. The summed E-state index contributed by atoms with van der Waals surface area (Å²) < 4.78 is 38.5. The van der Waals surface area contributed by atoms with Crippen molar-refractivity contribution >= 4 is 43.3 Å². The lowest BCUT2D eigenvalue weighted by Gasteiger charge is -2.22. The average molecular weight is 447 g/mol. The summed E-state index contributed by atoms with van der Waals surface area (Å²) in [6.07, 6.45) is 3.45. The molecule has 4 rings (SSSR count). The third-order valence-corrected chi connectivity index (χ3v) is 5.99. The average Bonchev–Trinajstić information content (AvgIpc) is 3.52. The van der Waals surface area contributed by atoms with Crippen LogP contribution in [0, 0.1) is 15.9 Å². The number of halogens is 1. The lowest BCUT2D eigenvalue weighted by molar-refractivity contribution is -0.383. The lowest BCUT2D eigenvalue weighted by atomic mass is 9.94. The first-order valence-corrected chi connectivity index (χ1v) is 10.1. The Morgan fingerprint density at radius 3 is 2.52 bits per heavy atom. The second-order valence-corrected chi connectivity index (χ2v) is 8.15. The van der Waals surface area contributed by atoms with Crippen LogP contribution in [-0.4, -0.2) is 33.8 Å². The van der Waals surface area contributed by atoms with E-state index in [-0.39, 0.29) is 39.8 Å². The van der Waals surface area contributed by atoms with Gasteiger partial charge in [0.2, 0.25) is 15.7 Å². The number of carboxylic acids is 1. The molecular formula is C19H14FN3O7S. The predicted molar refractivity (Wildman–Crippen MR) is 109 cm³/mol. The van der Waals surface area contributed by atoms with Gasteiger partial charge in [-0.15, -0.1) is 0 Å². The van der Waals surface area contributed by atoms with Crippen molar-refractivity contribution in [1.29, 1.82) is 0 Å². The number of hydrogen-bond donors (Lipinski definition) is 2. The first-order valence-electron chi connectivity index (χ1n) is 9.03. The maximum Gasteiger partial charge on any atom is 0.341 e. The van der Waals surface area contributed by atoms with Crippen molar-refractivity contribution in [2.45, 2.75) is 25.3 Å². The minimum atomic E-state index is -2.70. The zero-order chi connectivity index (χ0) is 22.6. The number of non-ortho nitro benzene ring substituents is 1. The van der Waals surface area contributed by atoms with Crippen LogP contribution in [0.25, 0.3) is 16.5 Å². The number of carbonyl (C=O) groups is 1. The molecule has 160 valence electrons. The van der Waals surface area contributed by atoms with Crippen LogP contribution in [0.3, 0.4) is 0 Å². The fourth-order valence-electron chi connectivity index (χ4n) is 3.77. The topological polar surface area (TPSA) is 163 Å². The van der Waals surface area contributed by atoms with Gasteiger partial charge in [-0.3, -0.25) is 14.9 Å². The van der Waals surface area contributed by atoms with Crippen molar-refractivity contribution in [2.24, 2.45) is 5.73 Å².